The summed E-state index contributed by atoms with van der Waals surface area (Å²) in [5.74, 6) is -0.0421. The molecule has 5 nitrogen and oxygen atoms in total. The van der Waals surface area contributed by atoms with Crippen LogP contribution in [-0.2, 0) is 20.9 Å². The molecule has 2 amide bonds. The zero-order valence-corrected chi connectivity index (χ0v) is 18.4. The summed E-state index contributed by atoms with van der Waals surface area (Å²) in [6, 6.07) is 11.6. The van der Waals surface area contributed by atoms with Crippen LogP contribution in [0, 0.1) is 0 Å². The standard InChI is InChI=1S/C22H23BrN2O3S/c23-17-8-2-1-6-15(17)12-20-22(27)25(18-9-3-4-10-19(18)28-20)14-21(26)24-13-16-7-5-11-29-16/h1-2,5-8,11-12,18-19H,3-4,9-10,13-14H2,(H,24,26)/b20-12+. The van der Waals surface area contributed by atoms with E-state index in [1.54, 1.807) is 22.3 Å². The molecule has 1 aromatic carbocycles. The Kier molecular flexibility index (Phi) is 6.35. The van der Waals surface area contributed by atoms with Crippen LogP contribution in [0.2, 0.25) is 0 Å². The number of nitrogens with zero attached hydrogens (tertiary/aromatic N) is 1. The van der Waals surface area contributed by atoms with Gasteiger partial charge in [-0.1, -0.05) is 46.6 Å². The van der Waals surface area contributed by atoms with E-state index in [1.165, 1.54) is 0 Å². The molecule has 2 fully saturated rings. The summed E-state index contributed by atoms with van der Waals surface area (Å²) in [6.07, 6.45) is 5.62. The summed E-state index contributed by atoms with van der Waals surface area (Å²) in [7, 11) is 0. The lowest BCUT2D eigenvalue weighted by Gasteiger charge is -2.44. The molecule has 1 saturated heterocycles. The number of hydrogen-bond donors (Lipinski definition) is 1. The average Bonchev–Trinajstić information content (AvgIpc) is 3.25. The minimum absolute atomic E-state index is 0.0416. The molecule has 1 saturated carbocycles. The second-order valence-electron chi connectivity index (χ2n) is 7.33. The molecule has 2 aliphatic rings. The van der Waals surface area contributed by atoms with Gasteiger partial charge in [0.1, 0.15) is 12.6 Å². The van der Waals surface area contributed by atoms with Crippen molar-refractivity contribution in [3.8, 4) is 0 Å². The summed E-state index contributed by atoms with van der Waals surface area (Å²) in [6.45, 7) is 0.546. The normalized spacial score (nSPS) is 22.9. The van der Waals surface area contributed by atoms with Gasteiger partial charge in [-0.05, 0) is 48.4 Å². The molecule has 152 valence electrons. The molecule has 7 heteroatoms. The fourth-order valence-electron chi connectivity index (χ4n) is 3.90. The molecule has 1 N–H and O–H groups in total. The predicted molar refractivity (Wildman–Crippen MR) is 117 cm³/mol. The Bertz CT molecular complexity index is 913. The zero-order chi connectivity index (χ0) is 20.2. The molecule has 4 rings (SSSR count). The molecule has 2 heterocycles. The topological polar surface area (TPSA) is 58.6 Å². The van der Waals surface area contributed by atoms with Crippen molar-refractivity contribution in [1.29, 1.82) is 0 Å². The quantitative estimate of drug-likeness (QED) is 0.655. The van der Waals surface area contributed by atoms with Gasteiger partial charge in [-0.25, -0.2) is 0 Å². The number of halogens is 1. The highest BCUT2D eigenvalue weighted by Gasteiger charge is 2.42. The molecule has 1 aliphatic carbocycles. The second-order valence-corrected chi connectivity index (χ2v) is 9.21. The van der Waals surface area contributed by atoms with Gasteiger partial charge < -0.3 is 15.0 Å². The van der Waals surface area contributed by atoms with Gasteiger partial charge in [0.15, 0.2) is 5.76 Å². The fraction of sp³-hybridized carbons (Fsp3) is 0.364. The van der Waals surface area contributed by atoms with E-state index in [9.17, 15) is 9.59 Å². The van der Waals surface area contributed by atoms with Crippen molar-refractivity contribution in [2.45, 2.75) is 44.4 Å². The van der Waals surface area contributed by atoms with Crippen LogP contribution in [0.5, 0.6) is 0 Å². The number of rotatable bonds is 5. The number of carbonyl (C=O) groups is 2. The maximum absolute atomic E-state index is 13.2. The molecular weight excluding hydrogens is 452 g/mol. The Hall–Kier alpha value is -2.12. The van der Waals surface area contributed by atoms with Crippen LogP contribution < -0.4 is 5.32 Å². The third kappa shape index (κ3) is 4.73. The Morgan fingerprint density at radius 2 is 2.07 bits per heavy atom. The van der Waals surface area contributed by atoms with E-state index in [-0.39, 0.29) is 30.5 Å². The van der Waals surface area contributed by atoms with Gasteiger partial charge in [-0.15, -0.1) is 11.3 Å². The van der Waals surface area contributed by atoms with Crippen LogP contribution >= 0.6 is 27.3 Å². The average molecular weight is 475 g/mol. The third-order valence-corrected chi connectivity index (χ3v) is 6.96. The van der Waals surface area contributed by atoms with Gasteiger partial charge >= 0.3 is 0 Å². The van der Waals surface area contributed by atoms with Gasteiger partial charge in [-0.2, -0.15) is 0 Å². The summed E-state index contributed by atoms with van der Waals surface area (Å²) in [5.41, 5.74) is 0.882. The maximum Gasteiger partial charge on any atom is 0.289 e. The van der Waals surface area contributed by atoms with Gasteiger partial charge in [0, 0.05) is 9.35 Å². The van der Waals surface area contributed by atoms with E-state index in [2.05, 4.69) is 21.2 Å². The number of benzene rings is 1. The first-order valence-corrected chi connectivity index (χ1v) is 11.5. The number of amides is 2. The zero-order valence-electron chi connectivity index (χ0n) is 16.0. The van der Waals surface area contributed by atoms with Crippen molar-refractivity contribution in [2.24, 2.45) is 0 Å². The number of hydrogen-bond acceptors (Lipinski definition) is 4. The highest BCUT2D eigenvalue weighted by molar-refractivity contribution is 9.10. The lowest BCUT2D eigenvalue weighted by atomic mass is 9.89. The summed E-state index contributed by atoms with van der Waals surface area (Å²) in [4.78, 5) is 28.6. The Morgan fingerprint density at radius 1 is 1.24 bits per heavy atom. The summed E-state index contributed by atoms with van der Waals surface area (Å²) >= 11 is 5.12. The predicted octanol–water partition coefficient (Wildman–Crippen LogP) is 4.34. The van der Waals surface area contributed by atoms with E-state index in [4.69, 9.17) is 4.74 Å². The Balaban J connectivity index is 1.52. The number of nitrogens with one attached hydrogen (secondary N) is 1. The molecule has 2 unspecified atom stereocenters. The number of ether oxygens (including phenoxy) is 1. The van der Waals surface area contributed by atoms with E-state index in [1.807, 2.05) is 41.8 Å². The van der Waals surface area contributed by atoms with Gasteiger partial charge in [0.05, 0.1) is 12.6 Å². The molecule has 0 spiro atoms. The Morgan fingerprint density at radius 3 is 2.86 bits per heavy atom. The maximum atomic E-state index is 13.2. The van der Waals surface area contributed by atoms with Crippen molar-refractivity contribution >= 4 is 45.2 Å². The van der Waals surface area contributed by atoms with Crippen LogP contribution in [0.3, 0.4) is 0 Å². The minimum Gasteiger partial charge on any atom is -0.482 e. The molecule has 2 aromatic rings. The van der Waals surface area contributed by atoms with Gasteiger partial charge in [0.2, 0.25) is 5.91 Å². The first-order valence-electron chi connectivity index (χ1n) is 9.85. The summed E-state index contributed by atoms with van der Waals surface area (Å²) < 4.78 is 7.01. The van der Waals surface area contributed by atoms with Crippen molar-refractivity contribution in [1.82, 2.24) is 10.2 Å². The number of morpholine rings is 1. The highest BCUT2D eigenvalue weighted by Crippen LogP contribution is 2.33. The molecule has 1 aliphatic heterocycles. The Labute approximate surface area is 182 Å². The molecule has 0 bridgehead atoms. The van der Waals surface area contributed by atoms with Crippen molar-refractivity contribution in [3.05, 3.63) is 62.5 Å². The molecule has 1 aromatic heterocycles. The van der Waals surface area contributed by atoms with E-state index in [0.29, 0.717) is 12.3 Å². The van der Waals surface area contributed by atoms with Gasteiger partial charge in [0.25, 0.3) is 5.91 Å². The van der Waals surface area contributed by atoms with Crippen molar-refractivity contribution in [3.63, 3.8) is 0 Å². The third-order valence-electron chi connectivity index (χ3n) is 5.36. The van der Waals surface area contributed by atoms with Crippen LogP contribution in [0.4, 0.5) is 0 Å². The SMILES string of the molecule is O=C(CN1C(=O)/C(=C\c2ccccc2Br)OC2CCCCC21)NCc1cccs1. The van der Waals surface area contributed by atoms with Crippen LogP contribution in [0.25, 0.3) is 6.08 Å². The van der Waals surface area contributed by atoms with E-state index < -0.39 is 0 Å². The fourth-order valence-corrected chi connectivity index (χ4v) is 4.95. The monoisotopic (exact) mass is 474 g/mol. The lowest BCUT2D eigenvalue weighted by Crippen LogP contribution is -2.57. The van der Waals surface area contributed by atoms with Crippen LogP contribution in [0.1, 0.15) is 36.1 Å². The van der Waals surface area contributed by atoms with Crippen LogP contribution in [-0.4, -0.2) is 35.4 Å². The molecule has 0 radical (unpaired) electrons. The number of carbonyl (C=O) groups excluding carboxylic acids is 2. The van der Waals surface area contributed by atoms with E-state index in [0.717, 1.165) is 40.6 Å². The van der Waals surface area contributed by atoms with Crippen molar-refractivity contribution in [2.75, 3.05) is 6.54 Å². The smallest absolute Gasteiger partial charge is 0.289 e. The van der Waals surface area contributed by atoms with Crippen molar-refractivity contribution < 1.29 is 14.3 Å². The van der Waals surface area contributed by atoms with Gasteiger partial charge in [-0.3, -0.25) is 9.59 Å². The molecule has 2 atom stereocenters. The number of fused-ring (bicyclic) bond motifs is 1. The first kappa shape index (κ1) is 20.2. The second kappa shape index (κ2) is 9.13. The highest BCUT2D eigenvalue weighted by atomic mass is 79.9. The molecule has 29 heavy (non-hydrogen) atoms. The number of thiophene rings is 1. The largest absolute Gasteiger partial charge is 0.482 e. The first-order chi connectivity index (χ1) is 14.1. The lowest BCUT2D eigenvalue weighted by molar-refractivity contribution is -0.151. The van der Waals surface area contributed by atoms with Crippen LogP contribution in [0.15, 0.2) is 52.0 Å². The van der Waals surface area contributed by atoms with E-state index >= 15 is 0 Å². The summed E-state index contributed by atoms with van der Waals surface area (Å²) in [5, 5.41) is 4.92. The molecular formula is C22H23BrN2O3S. The minimum atomic E-state index is -0.213.